The fourth-order valence-corrected chi connectivity index (χ4v) is 4.03. The standard InChI is InChI=1S/C13H20OS/c1-10-6-12(2,3)9-13(14,7-10)11-4-5-15-8-11/h4-5,8,10,14H,6-7,9H2,1-3H3. The second-order valence-electron chi connectivity index (χ2n) is 5.90. The smallest absolute Gasteiger partial charge is 0.0912 e. The molecule has 2 heteroatoms. The molecule has 2 unspecified atom stereocenters. The van der Waals surface area contributed by atoms with E-state index in [1.54, 1.807) is 11.3 Å². The number of aliphatic hydroxyl groups is 1. The summed E-state index contributed by atoms with van der Waals surface area (Å²) in [5.74, 6) is 0.610. The van der Waals surface area contributed by atoms with Gasteiger partial charge in [-0.2, -0.15) is 11.3 Å². The normalized spacial score (nSPS) is 35.3. The lowest BCUT2D eigenvalue weighted by atomic mass is 9.64. The number of hydrogen-bond donors (Lipinski definition) is 1. The Morgan fingerprint density at radius 1 is 1.40 bits per heavy atom. The van der Waals surface area contributed by atoms with E-state index in [1.165, 1.54) is 6.42 Å². The van der Waals surface area contributed by atoms with Crippen molar-refractivity contribution < 1.29 is 5.11 Å². The highest BCUT2D eigenvalue weighted by Gasteiger charge is 2.42. The van der Waals surface area contributed by atoms with Crippen LogP contribution in [0.2, 0.25) is 0 Å². The zero-order valence-electron chi connectivity index (χ0n) is 9.79. The van der Waals surface area contributed by atoms with Crippen LogP contribution in [0.15, 0.2) is 16.8 Å². The van der Waals surface area contributed by atoms with E-state index in [4.69, 9.17) is 0 Å². The zero-order chi connectivity index (χ0) is 11.1. The molecule has 15 heavy (non-hydrogen) atoms. The van der Waals surface area contributed by atoms with Gasteiger partial charge in [-0.25, -0.2) is 0 Å². The summed E-state index contributed by atoms with van der Waals surface area (Å²) in [6.45, 7) is 6.78. The van der Waals surface area contributed by atoms with E-state index >= 15 is 0 Å². The van der Waals surface area contributed by atoms with Crippen molar-refractivity contribution in [3.05, 3.63) is 22.4 Å². The Balaban J connectivity index is 2.28. The maximum absolute atomic E-state index is 10.7. The lowest BCUT2D eigenvalue weighted by Crippen LogP contribution is -2.39. The highest BCUT2D eigenvalue weighted by Crippen LogP contribution is 2.48. The van der Waals surface area contributed by atoms with Gasteiger partial charge in [0.05, 0.1) is 5.60 Å². The van der Waals surface area contributed by atoms with Gasteiger partial charge in [-0.15, -0.1) is 0 Å². The molecule has 1 N–H and O–H groups in total. The first-order valence-electron chi connectivity index (χ1n) is 5.66. The summed E-state index contributed by atoms with van der Waals surface area (Å²) in [6, 6.07) is 2.07. The molecule has 0 bridgehead atoms. The largest absolute Gasteiger partial charge is 0.385 e. The lowest BCUT2D eigenvalue weighted by Gasteiger charge is -2.44. The third-order valence-electron chi connectivity index (χ3n) is 3.42. The third-order valence-corrected chi connectivity index (χ3v) is 4.10. The first-order chi connectivity index (χ1) is 6.91. The van der Waals surface area contributed by atoms with Crippen molar-refractivity contribution in [1.29, 1.82) is 0 Å². The molecule has 0 spiro atoms. The maximum Gasteiger partial charge on any atom is 0.0912 e. The first-order valence-corrected chi connectivity index (χ1v) is 6.61. The molecule has 84 valence electrons. The average Bonchev–Trinajstić information content (AvgIpc) is 2.49. The molecule has 0 amide bonds. The summed E-state index contributed by atoms with van der Waals surface area (Å²) in [5.41, 5.74) is 0.794. The predicted molar refractivity (Wildman–Crippen MR) is 65.0 cm³/mol. The second kappa shape index (κ2) is 3.60. The van der Waals surface area contributed by atoms with Crippen molar-refractivity contribution in [2.75, 3.05) is 0 Å². The topological polar surface area (TPSA) is 20.2 Å². The molecule has 0 saturated heterocycles. The fourth-order valence-electron chi connectivity index (χ4n) is 3.28. The van der Waals surface area contributed by atoms with Gasteiger partial charge in [0.15, 0.2) is 0 Å². The van der Waals surface area contributed by atoms with Gasteiger partial charge in [0, 0.05) is 0 Å². The first kappa shape index (κ1) is 11.2. The van der Waals surface area contributed by atoms with Crippen LogP contribution in [0, 0.1) is 11.3 Å². The molecule has 1 aromatic heterocycles. The van der Waals surface area contributed by atoms with Crippen molar-refractivity contribution in [1.82, 2.24) is 0 Å². The highest BCUT2D eigenvalue weighted by molar-refractivity contribution is 7.08. The summed E-state index contributed by atoms with van der Waals surface area (Å²) in [7, 11) is 0. The molecule has 1 fully saturated rings. The van der Waals surface area contributed by atoms with Crippen LogP contribution >= 0.6 is 11.3 Å². The molecule has 1 saturated carbocycles. The summed E-state index contributed by atoms with van der Waals surface area (Å²) < 4.78 is 0. The van der Waals surface area contributed by atoms with Gasteiger partial charge in [0.1, 0.15) is 0 Å². The Kier molecular flexibility index (Phi) is 2.68. The number of hydrogen-bond acceptors (Lipinski definition) is 2. The minimum atomic E-state index is -0.582. The van der Waals surface area contributed by atoms with Crippen LogP contribution in [0.4, 0.5) is 0 Å². The van der Waals surface area contributed by atoms with Gasteiger partial charge >= 0.3 is 0 Å². The molecular formula is C13H20OS. The zero-order valence-corrected chi connectivity index (χ0v) is 10.6. The Morgan fingerprint density at radius 2 is 2.13 bits per heavy atom. The van der Waals surface area contributed by atoms with E-state index in [-0.39, 0.29) is 5.41 Å². The van der Waals surface area contributed by atoms with Crippen molar-refractivity contribution >= 4 is 11.3 Å². The highest BCUT2D eigenvalue weighted by atomic mass is 32.1. The molecule has 1 aliphatic carbocycles. The van der Waals surface area contributed by atoms with Crippen LogP contribution in [0.3, 0.4) is 0 Å². The van der Waals surface area contributed by atoms with Gasteiger partial charge in [-0.05, 0) is 53.0 Å². The second-order valence-corrected chi connectivity index (χ2v) is 6.68. The molecule has 1 nitrogen and oxygen atoms in total. The fraction of sp³-hybridized carbons (Fsp3) is 0.692. The van der Waals surface area contributed by atoms with Crippen molar-refractivity contribution in [2.24, 2.45) is 11.3 Å². The van der Waals surface area contributed by atoms with Crippen LogP contribution in [-0.2, 0) is 5.60 Å². The van der Waals surface area contributed by atoms with E-state index in [2.05, 4.69) is 37.6 Å². The Labute approximate surface area is 96.1 Å². The van der Waals surface area contributed by atoms with Crippen LogP contribution in [-0.4, -0.2) is 5.11 Å². The van der Waals surface area contributed by atoms with E-state index in [0.717, 1.165) is 18.4 Å². The summed E-state index contributed by atoms with van der Waals surface area (Å²) >= 11 is 1.67. The van der Waals surface area contributed by atoms with Gasteiger partial charge in [-0.1, -0.05) is 20.8 Å². The third kappa shape index (κ3) is 2.26. The molecule has 1 heterocycles. The van der Waals surface area contributed by atoms with E-state index < -0.39 is 5.60 Å². The van der Waals surface area contributed by atoms with Crippen molar-refractivity contribution in [2.45, 2.75) is 45.6 Å². The Morgan fingerprint density at radius 3 is 2.67 bits per heavy atom. The molecular weight excluding hydrogens is 204 g/mol. The van der Waals surface area contributed by atoms with Crippen molar-refractivity contribution in [3.63, 3.8) is 0 Å². The predicted octanol–water partition coefficient (Wildman–Crippen LogP) is 3.78. The molecule has 2 atom stereocenters. The minimum absolute atomic E-state index is 0.258. The van der Waals surface area contributed by atoms with Crippen LogP contribution in [0.1, 0.15) is 45.6 Å². The van der Waals surface area contributed by atoms with Crippen molar-refractivity contribution in [3.8, 4) is 0 Å². The van der Waals surface area contributed by atoms with Crippen LogP contribution in [0.5, 0.6) is 0 Å². The molecule has 1 aromatic rings. The quantitative estimate of drug-likeness (QED) is 0.769. The monoisotopic (exact) mass is 224 g/mol. The summed E-state index contributed by atoms with van der Waals surface area (Å²) in [5, 5.41) is 14.9. The minimum Gasteiger partial charge on any atom is -0.385 e. The average molecular weight is 224 g/mol. The van der Waals surface area contributed by atoms with Gasteiger partial charge in [0.2, 0.25) is 0 Å². The molecule has 1 aliphatic rings. The molecule has 0 radical (unpaired) electrons. The van der Waals surface area contributed by atoms with E-state index in [0.29, 0.717) is 5.92 Å². The molecule has 2 rings (SSSR count). The number of thiophene rings is 1. The Hall–Kier alpha value is -0.340. The van der Waals surface area contributed by atoms with Gasteiger partial charge in [0.25, 0.3) is 0 Å². The van der Waals surface area contributed by atoms with Crippen LogP contribution in [0.25, 0.3) is 0 Å². The number of rotatable bonds is 1. The molecule has 0 aliphatic heterocycles. The van der Waals surface area contributed by atoms with E-state index in [1.807, 2.05) is 0 Å². The van der Waals surface area contributed by atoms with Gasteiger partial charge < -0.3 is 5.11 Å². The summed E-state index contributed by atoms with van der Waals surface area (Å²) in [4.78, 5) is 0. The Bertz CT molecular complexity index is 328. The molecule has 0 aromatic carbocycles. The summed E-state index contributed by atoms with van der Waals surface area (Å²) in [6.07, 6.45) is 3.02. The van der Waals surface area contributed by atoms with E-state index in [9.17, 15) is 5.11 Å². The van der Waals surface area contributed by atoms with Crippen LogP contribution < -0.4 is 0 Å². The van der Waals surface area contributed by atoms with Gasteiger partial charge in [-0.3, -0.25) is 0 Å². The maximum atomic E-state index is 10.7. The lowest BCUT2D eigenvalue weighted by molar-refractivity contribution is -0.0632. The SMILES string of the molecule is CC1CC(C)(C)CC(O)(c2ccsc2)C1.